The maximum absolute atomic E-state index is 12.1. The zero-order valence-corrected chi connectivity index (χ0v) is 14.3. The van der Waals surface area contributed by atoms with Crippen molar-refractivity contribution < 1.29 is 4.21 Å². The maximum Gasteiger partial charge on any atom is 0.0526 e. The van der Waals surface area contributed by atoms with Gasteiger partial charge in [0.15, 0.2) is 0 Å². The van der Waals surface area contributed by atoms with Gasteiger partial charge in [-0.05, 0) is 46.2 Å². The summed E-state index contributed by atoms with van der Waals surface area (Å²) in [6.07, 6.45) is 1.93. The van der Waals surface area contributed by atoms with Crippen LogP contribution in [0.4, 0.5) is 0 Å². The van der Waals surface area contributed by atoms with Crippen molar-refractivity contribution in [3.05, 3.63) is 87.7 Å². The quantitative estimate of drug-likeness (QED) is 0.590. The standard InChI is InChI=1S/C19H15BrOS/c20-19-9-6-16(7-10-19)14-22(21)12-11-15-5-8-17-3-1-2-4-18(17)13-15/h1-13H,14H2. The van der Waals surface area contributed by atoms with E-state index in [1.54, 1.807) is 5.41 Å². The third-order valence-electron chi connectivity index (χ3n) is 3.41. The number of halogens is 1. The minimum absolute atomic E-state index is 0.539. The first-order chi connectivity index (χ1) is 10.7. The maximum atomic E-state index is 12.1. The van der Waals surface area contributed by atoms with Gasteiger partial charge in [0.05, 0.1) is 16.6 Å². The molecule has 0 aromatic heterocycles. The summed E-state index contributed by atoms with van der Waals surface area (Å²) >= 11 is 3.40. The Bertz CT molecular complexity index is 837. The van der Waals surface area contributed by atoms with Crippen molar-refractivity contribution in [1.29, 1.82) is 0 Å². The van der Waals surface area contributed by atoms with E-state index in [1.165, 1.54) is 10.8 Å². The van der Waals surface area contributed by atoms with Gasteiger partial charge in [-0.2, -0.15) is 0 Å². The fourth-order valence-corrected chi connectivity index (χ4v) is 3.45. The van der Waals surface area contributed by atoms with Crippen molar-refractivity contribution in [1.82, 2.24) is 0 Å². The number of hydrogen-bond acceptors (Lipinski definition) is 1. The minimum Gasteiger partial charge on any atom is -0.255 e. The predicted octanol–water partition coefficient (Wildman–Crippen LogP) is 5.52. The molecular formula is C19H15BrOS. The molecule has 22 heavy (non-hydrogen) atoms. The summed E-state index contributed by atoms with van der Waals surface area (Å²) in [7, 11) is -1.01. The van der Waals surface area contributed by atoms with Crippen LogP contribution in [0.2, 0.25) is 0 Å². The van der Waals surface area contributed by atoms with Gasteiger partial charge in [-0.15, -0.1) is 0 Å². The van der Waals surface area contributed by atoms with Gasteiger partial charge < -0.3 is 0 Å². The molecule has 0 spiro atoms. The van der Waals surface area contributed by atoms with E-state index >= 15 is 0 Å². The summed E-state index contributed by atoms with van der Waals surface area (Å²) < 4.78 is 13.2. The van der Waals surface area contributed by atoms with Gasteiger partial charge in [0, 0.05) is 9.88 Å². The first kappa shape index (κ1) is 15.2. The van der Waals surface area contributed by atoms with Crippen LogP contribution in [-0.4, -0.2) is 4.21 Å². The van der Waals surface area contributed by atoms with Gasteiger partial charge >= 0.3 is 0 Å². The molecule has 0 fully saturated rings. The molecule has 110 valence electrons. The number of benzene rings is 3. The highest BCUT2D eigenvalue weighted by molar-refractivity contribution is 9.10. The fourth-order valence-electron chi connectivity index (χ4n) is 2.26. The van der Waals surface area contributed by atoms with Crippen molar-refractivity contribution in [2.45, 2.75) is 5.75 Å². The van der Waals surface area contributed by atoms with E-state index in [2.05, 4.69) is 46.3 Å². The molecule has 0 bridgehead atoms. The van der Waals surface area contributed by atoms with Crippen LogP contribution in [0.5, 0.6) is 0 Å². The molecule has 0 heterocycles. The van der Waals surface area contributed by atoms with Gasteiger partial charge in [-0.1, -0.05) is 64.5 Å². The molecule has 1 nitrogen and oxygen atoms in total. The van der Waals surface area contributed by atoms with Crippen LogP contribution in [-0.2, 0) is 16.6 Å². The Kier molecular flexibility index (Phi) is 4.86. The lowest BCUT2D eigenvalue weighted by Crippen LogP contribution is -1.91. The van der Waals surface area contributed by atoms with Crippen LogP contribution >= 0.6 is 15.9 Å². The number of hydrogen-bond donors (Lipinski definition) is 0. The fraction of sp³-hybridized carbons (Fsp3) is 0.0526. The lowest BCUT2D eigenvalue weighted by molar-refractivity contribution is 0.688. The summed E-state index contributed by atoms with van der Waals surface area (Å²) in [4.78, 5) is 0. The van der Waals surface area contributed by atoms with Crippen LogP contribution in [0, 0.1) is 0 Å². The van der Waals surface area contributed by atoms with Crippen LogP contribution in [0.25, 0.3) is 16.8 Å². The molecule has 0 radical (unpaired) electrons. The van der Waals surface area contributed by atoms with Crippen molar-refractivity contribution in [2.24, 2.45) is 0 Å². The molecule has 3 rings (SSSR count). The summed E-state index contributed by atoms with van der Waals surface area (Å²) in [5, 5.41) is 4.19. The van der Waals surface area contributed by atoms with Gasteiger partial charge in [0.2, 0.25) is 0 Å². The molecular weight excluding hydrogens is 356 g/mol. The first-order valence-electron chi connectivity index (χ1n) is 6.99. The third kappa shape index (κ3) is 3.93. The van der Waals surface area contributed by atoms with Gasteiger partial charge in [0.25, 0.3) is 0 Å². The Labute approximate surface area is 141 Å². The van der Waals surface area contributed by atoms with E-state index in [4.69, 9.17) is 0 Å². The van der Waals surface area contributed by atoms with Crippen LogP contribution in [0.15, 0.2) is 76.6 Å². The topological polar surface area (TPSA) is 17.1 Å². The molecule has 1 unspecified atom stereocenters. The molecule has 0 aliphatic rings. The largest absolute Gasteiger partial charge is 0.255 e. The molecule has 3 heteroatoms. The molecule has 0 aliphatic carbocycles. The van der Waals surface area contributed by atoms with Crippen LogP contribution < -0.4 is 0 Å². The van der Waals surface area contributed by atoms with Gasteiger partial charge in [-0.25, -0.2) is 0 Å². The summed E-state index contributed by atoms with van der Waals surface area (Å²) in [6.45, 7) is 0. The van der Waals surface area contributed by atoms with Crippen LogP contribution in [0.3, 0.4) is 0 Å². The second kappa shape index (κ2) is 7.03. The molecule has 0 N–H and O–H groups in total. The normalized spacial score (nSPS) is 12.8. The summed E-state index contributed by atoms with van der Waals surface area (Å²) in [6, 6.07) is 22.4. The van der Waals surface area contributed by atoms with E-state index in [0.717, 1.165) is 15.6 Å². The number of rotatable bonds is 4. The second-order valence-corrected chi connectivity index (χ2v) is 7.30. The average Bonchev–Trinajstić information content (AvgIpc) is 2.55. The zero-order valence-electron chi connectivity index (χ0n) is 11.9. The molecule has 0 amide bonds. The molecule has 3 aromatic carbocycles. The molecule has 0 saturated carbocycles. The summed E-state index contributed by atoms with van der Waals surface area (Å²) in [5.74, 6) is 0.539. The van der Waals surface area contributed by atoms with E-state index in [-0.39, 0.29) is 0 Å². The Hall–Kier alpha value is -1.71. The molecule has 0 aliphatic heterocycles. The second-order valence-electron chi connectivity index (χ2n) is 5.06. The SMILES string of the molecule is O=S(C=Cc1ccc2ccccc2c1)Cc1ccc(Br)cc1. The van der Waals surface area contributed by atoms with E-state index in [0.29, 0.717) is 5.75 Å². The van der Waals surface area contributed by atoms with Gasteiger partial charge in [-0.3, -0.25) is 4.21 Å². The lowest BCUT2D eigenvalue weighted by atomic mass is 10.1. The van der Waals surface area contributed by atoms with Crippen LogP contribution in [0.1, 0.15) is 11.1 Å². The van der Waals surface area contributed by atoms with Crippen molar-refractivity contribution in [2.75, 3.05) is 0 Å². The van der Waals surface area contributed by atoms with Crippen molar-refractivity contribution >= 4 is 43.6 Å². The Balaban J connectivity index is 1.71. The lowest BCUT2D eigenvalue weighted by Gasteiger charge is -2.00. The van der Waals surface area contributed by atoms with E-state index < -0.39 is 10.8 Å². The Morgan fingerprint density at radius 3 is 2.41 bits per heavy atom. The highest BCUT2D eigenvalue weighted by Crippen LogP contribution is 2.17. The molecule has 0 saturated heterocycles. The smallest absolute Gasteiger partial charge is 0.0526 e. The monoisotopic (exact) mass is 370 g/mol. The Morgan fingerprint density at radius 1 is 0.909 bits per heavy atom. The Morgan fingerprint density at radius 2 is 1.64 bits per heavy atom. The molecule has 3 aromatic rings. The van der Waals surface area contributed by atoms with E-state index in [9.17, 15) is 4.21 Å². The zero-order chi connectivity index (χ0) is 15.4. The number of fused-ring (bicyclic) bond motifs is 1. The summed E-state index contributed by atoms with van der Waals surface area (Å²) in [5.41, 5.74) is 2.15. The van der Waals surface area contributed by atoms with Crippen molar-refractivity contribution in [3.8, 4) is 0 Å². The predicted molar refractivity (Wildman–Crippen MR) is 99.0 cm³/mol. The minimum atomic E-state index is -1.01. The highest BCUT2D eigenvalue weighted by Gasteiger charge is 1.99. The first-order valence-corrected chi connectivity index (χ1v) is 9.17. The third-order valence-corrected chi connectivity index (χ3v) is 4.99. The van der Waals surface area contributed by atoms with E-state index in [1.807, 2.05) is 42.5 Å². The molecule has 1 atom stereocenters. The average molecular weight is 371 g/mol. The highest BCUT2D eigenvalue weighted by atomic mass is 79.9. The van der Waals surface area contributed by atoms with Gasteiger partial charge in [0.1, 0.15) is 0 Å². The van der Waals surface area contributed by atoms with Crippen molar-refractivity contribution in [3.63, 3.8) is 0 Å².